The van der Waals surface area contributed by atoms with Crippen LogP contribution in [0.5, 0.6) is 0 Å². The van der Waals surface area contributed by atoms with Crippen molar-refractivity contribution in [2.45, 2.75) is 13.8 Å². The Morgan fingerprint density at radius 2 is 1.96 bits per heavy atom. The highest BCUT2D eigenvalue weighted by Crippen LogP contribution is 2.25. The molecule has 2 amide bonds. The van der Waals surface area contributed by atoms with Crippen molar-refractivity contribution in [3.8, 4) is 5.69 Å². The average molecular weight is 383 g/mol. The SMILES string of the molecule is C=CCN1C(=O)/C(=C\c2cc(C)n(-c3ccccc3F)c2C)C(=O)NC1=S. The molecule has 0 unspecified atom stereocenters. The van der Waals surface area contributed by atoms with Gasteiger partial charge in [0.1, 0.15) is 11.4 Å². The molecular weight excluding hydrogens is 365 g/mol. The van der Waals surface area contributed by atoms with Gasteiger partial charge >= 0.3 is 0 Å². The van der Waals surface area contributed by atoms with Crippen molar-refractivity contribution < 1.29 is 14.0 Å². The van der Waals surface area contributed by atoms with Gasteiger partial charge in [0.25, 0.3) is 11.8 Å². The second-order valence-electron chi connectivity index (χ2n) is 6.14. The first-order valence-corrected chi connectivity index (χ1v) is 8.69. The Labute approximate surface area is 161 Å². The van der Waals surface area contributed by atoms with Crippen molar-refractivity contribution in [3.05, 3.63) is 71.3 Å². The largest absolute Gasteiger partial charge is 0.315 e. The molecule has 27 heavy (non-hydrogen) atoms. The molecule has 3 rings (SSSR count). The number of nitrogens with zero attached hydrogens (tertiary/aromatic N) is 2. The monoisotopic (exact) mass is 383 g/mol. The van der Waals surface area contributed by atoms with E-state index in [4.69, 9.17) is 12.2 Å². The van der Waals surface area contributed by atoms with Crippen LogP contribution in [0.2, 0.25) is 0 Å². The maximum Gasteiger partial charge on any atom is 0.265 e. The van der Waals surface area contributed by atoms with Gasteiger partial charge in [-0.1, -0.05) is 18.2 Å². The summed E-state index contributed by atoms with van der Waals surface area (Å²) < 4.78 is 16.0. The Morgan fingerprint density at radius 3 is 2.63 bits per heavy atom. The molecule has 0 aliphatic carbocycles. The second kappa shape index (κ2) is 7.28. The zero-order chi connectivity index (χ0) is 19.7. The standard InChI is InChI=1S/C20H18FN3O2S/c1-4-9-23-19(26)15(18(25)22-20(23)27)11-14-10-12(2)24(13(14)3)17-8-6-5-7-16(17)21/h4-8,10-11H,1,9H2,2-3H3,(H,22,25,27)/b15-11-. The Hall–Kier alpha value is -3.06. The highest BCUT2D eigenvalue weighted by atomic mass is 32.1. The number of para-hydroxylation sites is 1. The van der Waals surface area contributed by atoms with Gasteiger partial charge in [-0.25, -0.2) is 4.39 Å². The van der Waals surface area contributed by atoms with Crippen LogP contribution in [0.25, 0.3) is 11.8 Å². The van der Waals surface area contributed by atoms with Gasteiger partial charge in [-0.15, -0.1) is 6.58 Å². The summed E-state index contributed by atoms with van der Waals surface area (Å²) in [6.45, 7) is 7.44. The summed E-state index contributed by atoms with van der Waals surface area (Å²) in [4.78, 5) is 26.2. The minimum Gasteiger partial charge on any atom is -0.315 e. The number of benzene rings is 1. The zero-order valence-electron chi connectivity index (χ0n) is 15.0. The van der Waals surface area contributed by atoms with Gasteiger partial charge in [0.15, 0.2) is 5.11 Å². The summed E-state index contributed by atoms with van der Waals surface area (Å²) in [6, 6.07) is 8.24. The maximum absolute atomic E-state index is 14.2. The highest BCUT2D eigenvalue weighted by Gasteiger charge is 2.32. The van der Waals surface area contributed by atoms with E-state index in [9.17, 15) is 14.0 Å². The topological polar surface area (TPSA) is 54.3 Å². The molecule has 2 aromatic rings. The maximum atomic E-state index is 14.2. The van der Waals surface area contributed by atoms with Gasteiger partial charge in [-0.05, 0) is 55.9 Å². The molecule has 2 heterocycles. The lowest BCUT2D eigenvalue weighted by Gasteiger charge is -2.27. The number of carbonyl (C=O) groups is 2. The normalized spacial score (nSPS) is 16.0. The molecule has 5 nitrogen and oxygen atoms in total. The summed E-state index contributed by atoms with van der Waals surface area (Å²) in [7, 11) is 0. The number of nitrogens with one attached hydrogen (secondary N) is 1. The van der Waals surface area contributed by atoms with Gasteiger partial charge in [0.2, 0.25) is 0 Å². The third-order valence-corrected chi connectivity index (χ3v) is 4.68. The van der Waals surface area contributed by atoms with Crippen LogP contribution in [0.15, 0.2) is 48.6 Å². The van der Waals surface area contributed by atoms with Gasteiger partial charge in [-0.2, -0.15) is 0 Å². The van der Waals surface area contributed by atoms with Crippen molar-refractivity contribution in [2.75, 3.05) is 6.54 Å². The molecule has 1 aliphatic heterocycles. The van der Waals surface area contributed by atoms with E-state index in [-0.39, 0.29) is 23.0 Å². The van der Waals surface area contributed by atoms with Crippen LogP contribution in [0.1, 0.15) is 17.0 Å². The third kappa shape index (κ3) is 3.33. The number of thiocarbonyl (C=S) groups is 1. The number of carbonyl (C=O) groups excluding carboxylic acids is 2. The number of halogens is 1. The number of hydrogen-bond acceptors (Lipinski definition) is 3. The molecule has 138 valence electrons. The van der Waals surface area contributed by atoms with Crippen molar-refractivity contribution in [3.63, 3.8) is 0 Å². The van der Waals surface area contributed by atoms with Crippen LogP contribution >= 0.6 is 12.2 Å². The molecule has 1 saturated heterocycles. The molecule has 1 aromatic heterocycles. The van der Waals surface area contributed by atoms with E-state index in [0.29, 0.717) is 16.9 Å². The number of rotatable bonds is 4. The van der Waals surface area contributed by atoms with Gasteiger partial charge in [0.05, 0.1) is 5.69 Å². The van der Waals surface area contributed by atoms with E-state index in [1.54, 1.807) is 28.8 Å². The summed E-state index contributed by atoms with van der Waals surface area (Å²) in [5, 5.41) is 2.57. The Bertz CT molecular complexity index is 1010. The van der Waals surface area contributed by atoms with Crippen LogP contribution in [0.4, 0.5) is 4.39 Å². The number of amides is 2. The third-order valence-electron chi connectivity index (χ3n) is 4.36. The molecule has 1 aliphatic rings. The lowest BCUT2D eigenvalue weighted by molar-refractivity contribution is -0.128. The van der Waals surface area contributed by atoms with Crippen molar-refractivity contribution in [1.29, 1.82) is 0 Å². The lowest BCUT2D eigenvalue weighted by atomic mass is 10.1. The molecule has 1 N–H and O–H groups in total. The first kappa shape index (κ1) is 18.7. The zero-order valence-corrected chi connectivity index (χ0v) is 15.8. The van der Waals surface area contributed by atoms with Crippen LogP contribution in [0.3, 0.4) is 0 Å². The van der Waals surface area contributed by atoms with E-state index in [1.807, 2.05) is 13.8 Å². The summed E-state index contributed by atoms with van der Waals surface area (Å²) in [5.41, 5.74) is 2.53. The number of aryl methyl sites for hydroxylation is 1. The quantitative estimate of drug-likeness (QED) is 0.382. The summed E-state index contributed by atoms with van der Waals surface area (Å²) in [6.07, 6.45) is 3.04. The molecule has 0 spiro atoms. The fraction of sp³-hybridized carbons (Fsp3) is 0.150. The van der Waals surface area contributed by atoms with E-state index in [2.05, 4.69) is 11.9 Å². The Morgan fingerprint density at radius 1 is 1.26 bits per heavy atom. The molecule has 1 fully saturated rings. The molecular formula is C20H18FN3O2S. The average Bonchev–Trinajstić information content (AvgIpc) is 2.89. The molecule has 0 radical (unpaired) electrons. The molecule has 0 bridgehead atoms. The van der Waals surface area contributed by atoms with Crippen molar-refractivity contribution >= 4 is 35.2 Å². The van der Waals surface area contributed by atoms with Crippen LogP contribution in [-0.2, 0) is 9.59 Å². The second-order valence-corrected chi connectivity index (χ2v) is 6.52. The van der Waals surface area contributed by atoms with E-state index in [1.165, 1.54) is 23.1 Å². The first-order valence-electron chi connectivity index (χ1n) is 8.28. The predicted octanol–water partition coefficient (Wildman–Crippen LogP) is 3.05. The lowest BCUT2D eigenvalue weighted by Crippen LogP contribution is -2.53. The predicted molar refractivity (Wildman–Crippen MR) is 106 cm³/mol. The van der Waals surface area contributed by atoms with E-state index in [0.717, 1.165) is 5.69 Å². The van der Waals surface area contributed by atoms with E-state index < -0.39 is 11.8 Å². The fourth-order valence-corrected chi connectivity index (χ4v) is 3.33. The number of aromatic nitrogens is 1. The fourth-order valence-electron chi connectivity index (χ4n) is 3.08. The van der Waals surface area contributed by atoms with E-state index >= 15 is 0 Å². The Balaban J connectivity index is 2.07. The van der Waals surface area contributed by atoms with Gasteiger partial charge in [-0.3, -0.25) is 19.8 Å². The van der Waals surface area contributed by atoms with Crippen molar-refractivity contribution in [2.24, 2.45) is 0 Å². The summed E-state index contributed by atoms with van der Waals surface area (Å²) in [5.74, 6) is -1.40. The van der Waals surface area contributed by atoms with Gasteiger partial charge in [0, 0.05) is 17.9 Å². The van der Waals surface area contributed by atoms with Crippen LogP contribution in [-0.4, -0.2) is 32.9 Å². The minimum atomic E-state index is -0.555. The first-order chi connectivity index (χ1) is 12.8. The molecule has 7 heteroatoms. The van der Waals surface area contributed by atoms with Crippen molar-refractivity contribution in [1.82, 2.24) is 14.8 Å². The molecule has 1 aromatic carbocycles. The van der Waals surface area contributed by atoms with Crippen LogP contribution in [0, 0.1) is 19.7 Å². The highest BCUT2D eigenvalue weighted by molar-refractivity contribution is 7.80. The summed E-state index contributed by atoms with van der Waals surface area (Å²) >= 11 is 5.05. The Kier molecular flexibility index (Phi) is 5.05. The van der Waals surface area contributed by atoms with Crippen LogP contribution < -0.4 is 5.32 Å². The smallest absolute Gasteiger partial charge is 0.265 e. The number of hydrogen-bond donors (Lipinski definition) is 1. The molecule has 0 saturated carbocycles. The minimum absolute atomic E-state index is 0.0285. The molecule has 0 atom stereocenters. The van der Waals surface area contributed by atoms with Gasteiger partial charge < -0.3 is 4.57 Å².